The normalized spacial score (nSPS) is 53.7. The van der Waals surface area contributed by atoms with Crippen LogP contribution in [0.2, 0.25) is 0 Å². The minimum Gasteiger partial charge on any atom is -0.394 e. The molecule has 3 aliphatic rings. The van der Waals surface area contributed by atoms with Crippen LogP contribution in [0.25, 0.3) is 0 Å². The van der Waals surface area contributed by atoms with Gasteiger partial charge in [-0.25, -0.2) is 0 Å². The summed E-state index contributed by atoms with van der Waals surface area (Å²) in [4.78, 5) is 0. The fourth-order valence-electron chi connectivity index (χ4n) is 4.40. The zero-order chi connectivity index (χ0) is 24.6. The Hall–Kier alpha value is -0.600. The van der Waals surface area contributed by atoms with Gasteiger partial charge in [-0.15, -0.1) is 0 Å². The van der Waals surface area contributed by atoms with Gasteiger partial charge in [-0.2, -0.15) is 0 Å². The molecular weight excluding hydrogens is 448 g/mol. The second-order valence-electron chi connectivity index (χ2n) is 8.79. The summed E-state index contributed by atoms with van der Waals surface area (Å²) in [5.74, 6) is 0. The standard InChI is InChI=1S/C18H36N4O11/c19-2-6-10(25)12(27)13(28)18(30-6)33-16-5(21)1-4(20)15(14(16)29)32-17-11(26)8(22)9(24)7(3-23)31-17/h4-18,23-29H,1-3,19-22H2/t4-,5+,6-,7-,8-,9-,10-,11-,12+,13-,14-,15+,16-,17-,18-/m1/s1. The number of nitrogens with two attached hydrogens (primary N) is 4. The molecule has 3 rings (SSSR count). The number of ether oxygens (including phenoxy) is 4. The van der Waals surface area contributed by atoms with Crippen molar-refractivity contribution in [2.45, 2.75) is 98.2 Å². The van der Waals surface area contributed by atoms with E-state index in [0.29, 0.717) is 0 Å². The molecular formula is C18H36N4O11. The fourth-order valence-corrected chi connectivity index (χ4v) is 4.40. The molecule has 2 saturated heterocycles. The van der Waals surface area contributed by atoms with Crippen molar-refractivity contribution in [2.24, 2.45) is 22.9 Å². The summed E-state index contributed by atoms with van der Waals surface area (Å²) in [7, 11) is 0. The van der Waals surface area contributed by atoms with Crippen LogP contribution in [0, 0.1) is 0 Å². The highest BCUT2D eigenvalue weighted by Crippen LogP contribution is 2.31. The van der Waals surface area contributed by atoms with Crippen LogP contribution in [0.15, 0.2) is 0 Å². The predicted octanol–water partition coefficient (Wildman–Crippen LogP) is -7.29. The van der Waals surface area contributed by atoms with Crippen LogP contribution in [0.1, 0.15) is 6.42 Å². The lowest BCUT2D eigenvalue weighted by Gasteiger charge is -2.48. The van der Waals surface area contributed by atoms with Gasteiger partial charge in [0, 0.05) is 18.6 Å². The third kappa shape index (κ3) is 5.32. The van der Waals surface area contributed by atoms with E-state index in [2.05, 4.69) is 0 Å². The Morgan fingerprint density at radius 3 is 1.70 bits per heavy atom. The van der Waals surface area contributed by atoms with E-state index in [1.54, 1.807) is 0 Å². The summed E-state index contributed by atoms with van der Waals surface area (Å²) in [5, 5.41) is 70.9. The predicted molar refractivity (Wildman–Crippen MR) is 108 cm³/mol. The number of hydrogen-bond donors (Lipinski definition) is 11. The average molecular weight is 485 g/mol. The smallest absolute Gasteiger partial charge is 0.187 e. The van der Waals surface area contributed by atoms with Crippen molar-refractivity contribution >= 4 is 0 Å². The van der Waals surface area contributed by atoms with Crippen molar-refractivity contribution in [3.8, 4) is 0 Å². The molecule has 15 atom stereocenters. The van der Waals surface area contributed by atoms with Gasteiger partial charge in [-0.1, -0.05) is 0 Å². The van der Waals surface area contributed by atoms with Gasteiger partial charge in [0.15, 0.2) is 12.6 Å². The first-order valence-corrected chi connectivity index (χ1v) is 10.8. The Bertz CT molecular complexity index is 584. The topological polar surface area (TPSA) is 283 Å². The summed E-state index contributed by atoms with van der Waals surface area (Å²) < 4.78 is 22.2. The lowest BCUT2D eigenvalue weighted by atomic mass is 9.84. The monoisotopic (exact) mass is 484 g/mol. The summed E-state index contributed by atoms with van der Waals surface area (Å²) in [6.07, 6.45) is -16.5. The highest BCUT2D eigenvalue weighted by Gasteiger charge is 2.51. The third-order valence-corrected chi connectivity index (χ3v) is 6.48. The second-order valence-corrected chi connectivity index (χ2v) is 8.79. The van der Waals surface area contributed by atoms with Gasteiger partial charge in [-0.05, 0) is 6.42 Å². The molecule has 0 radical (unpaired) electrons. The van der Waals surface area contributed by atoms with Gasteiger partial charge in [-0.3, -0.25) is 0 Å². The molecule has 2 heterocycles. The molecule has 0 unspecified atom stereocenters. The van der Waals surface area contributed by atoms with Crippen molar-refractivity contribution < 1.29 is 54.7 Å². The Kier molecular flexibility index (Phi) is 8.99. The molecule has 15 N–H and O–H groups in total. The zero-order valence-electron chi connectivity index (χ0n) is 17.9. The maximum atomic E-state index is 10.9. The number of aliphatic hydroxyl groups excluding tert-OH is 7. The summed E-state index contributed by atoms with van der Waals surface area (Å²) >= 11 is 0. The van der Waals surface area contributed by atoms with E-state index < -0.39 is 98.4 Å². The Balaban J connectivity index is 1.72. The minimum absolute atomic E-state index is 0.0849. The molecule has 0 bridgehead atoms. The summed E-state index contributed by atoms with van der Waals surface area (Å²) in [6, 6.07) is -2.86. The second kappa shape index (κ2) is 11.0. The minimum atomic E-state index is -1.66. The molecule has 3 fully saturated rings. The third-order valence-electron chi connectivity index (χ3n) is 6.48. The molecule has 0 aromatic carbocycles. The first-order valence-electron chi connectivity index (χ1n) is 10.8. The Morgan fingerprint density at radius 2 is 1.18 bits per heavy atom. The van der Waals surface area contributed by atoms with Gasteiger partial charge in [0.1, 0.15) is 61.0 Å². The van der Waals surface area contributed by atoms with Crippen LogP contribution in [0.5, 0.6) is 0 Å². The van der Waals surface area contributed by atoms with E-state index >= 15 is 0 Å². The van der Waals surface area contributed by atoms with Crippen LogP contribution in [-0.2, 0) is 18.9 Å². The average Bonchev–Trinajstić information content (AvgIpc) is 2.79. The summed E-state index contributed by atoms with van der Waals surface area (Å²) in [5.41, 5.74) is 23.5. The van der Waals surface area contributed by atoms with Crippen LogP contribution in [0.4, 0.5) is 0 Å². The molecule has 15 nitrogen and oxygen atoms in total. The fraction of sp³-hybridized carbons (Fsp3) is 1.00. The van der Waals surface area contributed by atoms with Crippen molar-refractivity contribution in [2.75, 3.05) is 13.2 Å². The molecule has 0 aromatic heterocycles. The maximum absolute atomic E-state index is 10.9. The first kappa shape index (κ1) is 27.0. The highest BCUT2D eigenvalue weighted by atomic mass is 16.7. The summed E-state index contributed by atoms with van der Waals surface area (Å²) in [6.45, 7) is -0.763. The molecule has 1 aliphatic carbocycles. The van der Waals surface area contributed by atoms with Crippen LogP contribution in [0.3, 0.4) is 0 Å². The largest absolute Gasteiger partial charge is 0.394 e. The zero-order valence-corrected chi connectivity index (χ0v) is 17.9. The van der Waals surface area contributed by atoms with E-state index in [-0.39, 0.29) is 13.0 Å². The van der Waals surface area contributed by atoms with Crippen LogP contribution in [-0.4, -0.2) is 141 Å². The molecule has 194 valence electrons. The first-order chi connectivity index (χ1) is 15.5. The van der Waals surface area contributed by atoms with E-state index in [9.17, 15) is 35.7 Å². The van der Waals surface area contributed by atoms with Gasteiger partial charge in [0.2, 0.25) is 0 Å². The van der Waals surface area contributed by atoms with Crippen molar-refractivity contribution in [3.63, 3.8) is 0 Å². The maximum Gasteiger partial charge on any atom is 0.187 e. The Labute approximate surface area is 189 Å². The molecule has 15 heteroatoms. The number of aliphatic hydroxyl groups is 7. The lowest BCUT2D eigenvalue weighted by molar-refractivity contribution is -0.332. The molecule has 0 amide bonds. The lowest BCUT2D eigenvalue weighted by Crippen LogP contribution is -2.68. The van der Waals surface area contributed by atoms with Gasteiger partial charge in [0.05, 0.1) is 12.6 Å². The van der Waals surface area contributed by atoms with Crippen LogP contribution >= 0.6 is 0 Å². The van der Waals surface area contributed by atoms with E-state index in [1.165, 1.54) is 0 Å². The van der Waals surface area contributed by atoms with Gasteiger partial charge >= 0.3 is 0 Å². The highest BCUT2D eigenvalue weighted by molar-refractivity contribution is 5.01. The van der Waals surface area contributed by atoms with Crippen molar-refractivity contribution in [1.29, 1.82) is 0 Å². The number of rotatable bonds is 6. The molecule has 0 spiro atoms. The quantitative estimate of drug-likeness (QED) is 0.167. The number of hydrogen-bond acceptors (Lipinski definition) is 15. The van der Waals surface area contributed by atoms with E-state index in [4.69, 9.17) is 41.9 Å². The Morgan fingerprint density at radius 1 is 0.667 bits per heavy atom. The van der Waals surface area contributed by atoms with Crippen molar-refractivity contribution in [1.82, 2.24) is 0 Å². The molecule has 0 aromatic rings. The molecule has 1 saturated carbocycles. The van der Waals surface area contributed by atoms with Gasteiger partial charge < -0.3 is 77.6 Å². The molecule has 2 aliphatic heterocycles. The van der Waals surface area contributed by atoms with Crippen molar-refractivity contribution in [3.05, 3.63) is 0 Å². The molecule has 33 heavy (non-hydrogen) atoms. The van der Waals surface area contributed by atoms with E-state index in [0.717, 1.165) is 0 Å². The SMILES string of the molecule is NC[C@H]1O[C@H](O[C@H]2[C@H](O)[C@@H](O[C@H]3O[C@H](CO)[C@@H](O)[C@@H](N)[C@H]3O)[C@H](N)C[C@@H]2N)[C@H](O)[C@@H](O)[C@@H]1O. The van der Waals surface area contributed by atoms with Crippen LogP contribution < -0.4 is 22.9 Å². The van der Waals surface area contributed by atoms with E-state index in [1.807, 2.05) is 0 Å². The van der Waals surface area contributed by atoms with Gasteiger partial charge in [0.25, 0.3) is 0 Å².